The minimum Gasteiger partial charge on any atom is -0.490 e. The van der Waals surface area contributed by atoms with E-state index in [1.807, 2.05) is 37.3 Å². The molecule has 0 saturated carbocycles. The first kappa shape index (κ1) is 31.9. The van der Waals surface area contributed by atoms with Crippen LogP contribution in [-0.2, 0) is 0 Å². The van der Waals surface area contributed by atoms with Crippen LogP contribution in [0, 0.1) is 0 Å². The monoisotopic (exact) mass is 455 g/mol. The van der Waals surface area contributed by atoms with Crippen LogP contribution in [0.3, 0.4) is 0 Å². The quantitative estimate of drug-likeness (QED) is 0.345. The number of aliphatic hydroxyl groups excluding tert-OH is 2. The molecule has 4 nitrogen and oxygen atoms in total. The second-order valence-corrected chi connectivity index (χ2v) is 7.79. The van der Waals surface area contributed by atoms with Crippen LogP contribution in [0.1, 0.15) is 73.1 Å². The Morgan fingerprint density at radius 1 is 0.871 bits per heavy atom. The summed E-state index contributed by atoms with van der Waals surface area (Å²) in [6.07, 6.45) is 7.38. The Morgan fingerprint density at radius 2 is 1.45 bits per heavy atom. The Hall–Kier alpha value is -1.33. The summed E-state index contributed by atoms with van der Waals surface area (Å²) in [5.41, 5.74) is 0. The number of hydrogen-bond acceptors (Lipinski definition) is 4. The van der Waals surface area contributed by atoms with Gasteiger partial charge in [-0.05, 0) is 17.9 Å². The van der Waals surface area contributed by atoms with Gasteiger partial charge in [-0.3, -0.25) is 0 Å². The fraction of sp³-hybridized carbons (Fsp3) is 0.615. The summed E-state index contributed by atoms with van der Waals surface area (Å²) in [5.74, 6) is 0.821. The Bertz CT molecular complexity index is 626. The molecule has 0 aliphatic rings. The summed E-state index contributed by atoms with van der Waals surface area (Å²) in [5, 5.41) is 23.1. The molecular weight excluding hydrogens is 410 g/mol. The van der Waals surface area contributed by atoms with E-state index in [1.54, 1.807) is 0 Å². The molecule has 0 aliphatic carbocycles. The molecule has 1 unspecified atom stereocenters. The fourth-order valence-electron chi connectivity index (χ4n) is 2.61. The predicted molar refractivity (Wildman–Crippen MR) is 138 cm³/mol. The molecule has 2 aromatic rings. The van der Waals surface area contributed by atoms with Gasteiger partial charge in [-0.15, -0.1) is 12.4 Å². The molecule has 0 saturated heterocycles. The van der Waals surface area contributed by atoms with Crippen molar-refractivity contribution in [1.82, 2.24) is 5.32 Å². The molecule has 1 atom stereocenters. The number of hydrogen-bond donors (Lipinski definition) is 3. The zero-order valence-corrected chi connectivity index (χ0v) is 21.1. The molecule has 0 aliphatic heterocycles. The van der Waals surface area contributed by atoms with E-state index < -0.39 is 6.10 Å². The molecule has 3 N–H and O–H groups in total. The third-order valence-corrected chi connectivity index (χ3v) is 4.37. The van der Waals surface area contributed by atoms with E-state index in [0.717, 1.165) is 22.9 Å². The summed E-state index contributed by atoms with van der Waals surface area (Å²) in [6, 6.07) is 14.4. The van der Waals surface area contributed by atoms with Crippen LogP contribution in [0.2, 0.25) is 0 Å². The molecule has 5 heteroatoms. The molecule has 0 fully saturated rings. The van der Waals surface area contributed by atoms with Gasteiger partial charge in [-0.2, -0.15) is 0 Å². The highest BCUT2D eigenvalue weighted by Gasteiger charge is 2.07. The van der Waals surface area contributed by atoms with Crippen molar-refractivity contribution < 1.29 is 14.9 Å². The van der Waals surface area contributed by atoms with E-state index in [1.165, 1.54) is 32.1 Å². The van der Waals surface area contributed by atoms with E-state index in [-0.39, 0.29) is 12.4 Å². The first-order chi connectivity index (χ1) is 14.5. The number of rotatable bonds is 11. The van der Waals surface area contributed by atoms with Gasteiger partial charge < -0.3 is 20.3 Å². The fourth-order valence-corrected chi connectivity index (χ4v) is 2.61. The Labute approximate surface area is 196 Å². The van der Waals surface area contributed by atoms with E-state index in [2.05, 4.69) is 45.1 Å². The highest BCUT2D eigenvalue weighted by atomic mass is 35.5. The normalized spacial score (nSPS) is 11.0. The molecule has 2 rings (SSSR count). The van der Waals surface area contributed by atoms with Gasteiger partial charge in [0, 0.05) is 24.6 Å². The van der Waals surface area contributed by atoms with Gasteiger partial charge in [-0.1, -0.05) is 103 Å². The van der Waals surface area contributed by atoms with Gasteiger partial charge in [0.2, 0.25) is 0 Å². The van der Waals surface area contributed by atoms with Crippen molar-refractivity contribution in [3.63, 3.8) is 0 Å². The lowest BCUT2D eigenvalue weighted by atomic mass is 10.1. The Kier molecular flexibility index (Phi) is 22.5. The number of benzene rings is 2. The van der Waals surface area contributed by atoms with Crippen LogP contribution in [-0.4, -0.2) is 42.1 Å². The maximum atomic E-state index is 9.84. The molecule has 0 amide bonds. The molecule has 0 bridgehead atoms. The van der Waals surface area contributed by atoms with Gasteiger partial charge in [0.1, 0.15) is 18.5 Å². The third-order valence-electron chi connectivity index (χ3n) is 4.37. The molecule has 0 spiro atoms. The third kappa shape index (κ3) is 17.0. The van der Waals surface area contributed by atoms with Crippen molar-refractivity contribution in [2.75, 3.05) is 19.8 Å². The maximum absolute atomic E-state index is 9.84. The number of halogens is 1. The van der Waals surface area contributed by atoms with Crippen LogP contribution < -0.4 is 10.1 Å². The first-order valence-corrected chi connectivity index (χ1v) is 11.6. The topological polar surface area (TPSA) is 61.7 Å². The lowest BCUT2D eigenvalue weighted by Gasteiger charge is -2.15. The van der Waals surface area contributed by atoms with Gasteiger partial charge in [0.15, 0.2) is 0 Å². The van der Waals surface area contributed by atoms with Crippen molar-refractivity contribution in [3.8, 4) is 5.75 Å². The summed E-state index contributed by atoms with van der Waals surface area (Å²) >= 11 is 0. The molecule has 0 heterocycles. The van der Waals surface area contributed by atoms with Crippen molar-refractivity contribution in [2.45, 2.75) is 85.3 Å². The number of aliphatic hydroxyl groups is 2. The first-order valence-electron chi connectivity index (χ1n) is 11.6. The average Bonchev–Trinajstić information content (AvgIpc) is 2.77. The summed E-state index contributed by atoms with van der Waals surface area (Å²) in [4.78, 5) is 0. The van der Waals surface area contributed by atoms with Crippen molar-refractivity contribution in [2.24, 2.45) is 0 Å². The number of ether oxygens (including phenoxy) is 1. The predicted octanol–water partition coefficient (Wildman–Crippen LogP) is 6.36. The average molecular weight is 456 g/mol. The van der Waals surface area contributed by atoms with Gasteiger partial charge in [-0.25, -0.2) is 0 Å². The van der Waals surface area contributed by atoms with Gasteiger partial charge in [0.05, 0.1) is 0 Å². The van der Waals surface area contributed by atoms with Gasteiger partial charge in [0.25, 0.3) is 0 Å². The lowest BCUT2D eigenvalue weighted by molar-refractivity contribution is 0.105. The number of unbranched alkanes of at least 4 members (excludes halogenated alkanes) is 4. The second kappa shape index (κ2) is 21.9. The molecule has 180 valence electrons. The Balaban J connectivity index is 0. The zero-order valence-electron chi connectivity index (χ0n) is 20.3. The molecule has 0 aromatic heterocycles. The van der Waals surface area contributed by atoms with Crippen LogP contribution in [0.15, 0.2) is 42.5 Å². The number of nitrogens with one attached hydrogen (secondary N) is 1. The van der Waals surface area contributed by atoms with E-state index in [9.17, 15) is 5.11 Å². The zero-order chi connectivity index (χ0) is 22.6. The molecule has 31 heavy (non-hydrogen) atoms. The highest BCUT2D eigenvalue weighted by molar-refractivity contribution is 5.88. The summed E-state index contributed by atoms with van der Waals surface area (Å²) in [7, 11) is 0. The SMILES string of the molecule is CC(C)NCC(O)COc1cccc2ccccc12.CCCCCCC.CCCO.Cl. The smallest absolute Gasteiger partial charge is 0.127 e. The standard InChI is InChI=1S/C16H21NO2.C7H16.C3H8O.ClH/c1-12(2)17-10-14(18)11-19-16-9-5-7-13-6-3-4-8-15(13)16;1-3-5-7-6-4-2;1-2-3-4;/h3-9,12,14,17-18H,10-11H2,1-2H3;3-7H2,1-2H3;4H,2-3H2,1H3;1H. The minimum absolute atomic E-state index is 0. The van der Waals surface area contributed by atoms with Crippen LogP contribution in [0.4, 0.5) is 0 Å². The van der Waals surface area contributed by atoms with Crippen molar-refractivity contribution in [1.29, 1.82) is 0 Å². The van der Waals surface area contributed by atoms with Crippen molar-refractivity contribution >= 4 is 23.2 Å². The summed E-state index contributed by atoms with van der Waals surface area (Å²) in [6.45, 7) is 11.7. The maximum Gasteiger partial charge on any atom is 0.127 e. The second-order valence-electron chi connectivity index (χ2n) is 7.79. The molecule has 2 aromatic carbocycles. The van der Waals surface area contributed by atoms with E-state index in [0.29, 0.717) is 25.8 Å². The molecule has 0 radical (unpaired) electrons. The summed E-state index contributed by atoms with van der Waals surface area (Å²) < 4.78 is 5.72. The molecular formula is C26H46ClNO3. The Morgan fingerprint density at radius 3 is 2.00 bits per heavy atom. The van der Waals surface area contributed by atoms with Gasteiger partial charge >= 0.3 is 0 Å². The largest absolute Gasteiger partial charge is 0.490 e. The van der Waals surface area contributed by atoms with Crippen LogP contribution in [0.5, 0.6) is 5.75 Å². The van der Waals surface area contributed by atoms with E-state index in [4.69, 9.17) is 9.84 Å². The number of fused-ring (bicyclic) bond motifs is 1. The highest BCUT2D eigenvalue weighted by Crippen LogP contribution is 2.25. The van der Waals surface area contributed by atoms with Crippen molar-refractivity contribution in [3.05, 3.63) is 42.5 Å². The van der Waals surface area contributed by atoms with E-state index >= 15 is 0 Å². The van der Waals surface area contributed by atoms with Crippen LogP contribution >= 0.6 is 12.4 Å². The minimum atomic E-state index is -0.499. The lowest BCUT2D eigenvalue weighted by Crippen LogP contribution is -2.35. The van der Waals surface area contributed by atoms with Crippen LogP contribution in [0.25, 0.3) is 10.8 Å².